The first-order valence-corrected chi connectivity index (χ1v) is 9.82. The lowest BCUT2D eigenvalue weighted by molar-refractivity contribution is -0.287. The van der Waals surface area contributed by atoms with Crippen LogP contribution in [-0.2, 0) is 25.6 Å². The summed E-state index contributed by atoms with van der Waals surface area (Å²) >= 11 is 0. The summed E-state index contributed by atoms with van der Waals surface area (Å²) in [6.45, 7) is 0.212. The summed E-state index contributed by atoms with van der Waals surface area (Å²) in [5, 5.41) is 31.4. The van der Waals surface area contributed by atoms with Crippen LogP contribution in [0.25, 0.3) is 0 Å². The molecule has 5 rings (SSSR count). The number of aliphatic hydroxyl groups is 3. The van der Waals surface area contributed by atoms with Crippen molar-refractivity contribution in [3.63, 3.8) is 0 Å². The number of ether oxygens (including phenoxy) is 4. The van der Waals surface area contributed by atoms with E-state index in [9.17, 15) is 20.1 Å². The Labute approximate surface area is 172 Å². The van der Waals surface area contributed by atoms with Crippen molar-refractivity contribution < 1.29 is 39.1 Å². The molecule has 0 unspecified atom stereocenters. The highest BCUT2D eigenvalue weighted by Gasteiger charge is 2.79. The van der Waals surface area contributed by atoms with Gasteiger partial charge in [-0.05, 0) is 23.3 Å². The Balaban J connectivity index is 1.41. The molecule has 158 valence electrons. The fourth-order valence-electron chi connectivity index (χ4n) is 4.61. The van der Waals surface area contributed by atoms with Gasteiger partial charge in [-0.25, -0.2) is 4.79 Å². The number of fused-ring (bicyclic) bond motifs is 2. The van der Waals surface area contributed by atoms with Gasteiger partial charge in [-0.15, -0.1) is 0 Å². The van der Waals surface area contributed by atoms with Crippen LogP contribution in [0.5, 0.6) is 5.75 Å². The molecule has 8 nitrogen and oxygen atoms in total. The predicted molar refractivity (Wildman–Crippen MR) is 101 cm³/mol. The van der Waals surface area contributed by atoms with Gasteiger partial charge in [0.2, 0.25) is 11.4 Å². The molecule has 2 aromatic carbocycles. The minimum Gasteiger partial charge on any atom is -0.489 e. The van der Waals surface area contributed by atoms with Gasteiger partial charge in [0.1, 0.15) is 18.5 Å². The molecule has 3 heterocycles. The lowest BCUT2D eigenvalue weighted by Crippen LogP contribution is -2.60. The lowest BCUT2D eigenvalue weighted by Gasteiger charge is -2.36. The summed E-state index contributed by atoms with van der Waals surface area (Å²) in [7, 11) is 0. The van der Waals surface area contributed by atoms with Gasteiger partial charge in [0.05, 0.1) is 6.61 Å². The highest BCUT2D eigenvalue weighted by Crippen LogP contribution is 2.57. The van der Waals surface area contributed by atoms with E-state index < -0.39 is 41.8 Å². The first kappa shape index (κ1) is 19.5. The molecule has 3 N–H and O–H groups in total. The van der Waals surface area contributed by atoms with E-state index >= 15 is 0 Å². The van der Waals surface area contributed by atoms with Gasteiger partial charge in [0, 0.05) is 12.3 Å². The van der Waals surface area contributed by atoms with Crippen molar-refractivity contribution in [2.45, 2.75) is 48.8 Å². The van der Waals surface area contributed by atoms with Crippen LogP contribution in [0.1, 0.15) is 23.5 Å². The quantitative estimate of drug-likeness (QED) is 0.631. The molecular formula is C22H22O8. The molecule has 3 aliphatic heterocycles. The topological polar surface area (TPSA) is 115 Å². The van der Waals surface area contributed by atoms with Crippen molar-refractivity contribution in [3.8, 4) is 5.75 Å². The average Bonchev–Trinajstić information content (AvgIpc) is 3.34. The van der Waals surface area contributed by atoms with Crippen molar-refractivity contribution >= 4 is 5.97 Å². The Hall–Kier alpha value is -2.49. The normalized spacial score (nSPS) is 37.4. The second kappa shape index (κ2) is 7.04. The number of hydrogen-bond donors (Lipinski definition) is 3. The van der Waals surface area contributed by atoms with Gasteiger partial charge in [-0.3, -0.25) is 0 Å². The van der Waals surface area contributed by atoms with Crippen LogP contribution in [0, 0.1) is 0 Å². The predicted octanol–water partition coefficient (Wildman–Crippen LogP) is 0.832. The van der Waals surface area contributed by atoms with Gasteiger partial charge in [0.15, 0.2) is 12.4 Å². The molecule has 0 aliphatic carbocycles. The second-order valence-electron chi connectivity index (χ2n) is 7.84. The number of aliphatic hydroxyl groups excluding tert-OH is 2. The van der Waals surface area contributed by atoms with Crippen LogP contribution in [0.4, 0.5) is 0 Å². The minimum absolute atomic E-state index is 0.0633. The molecule has 1 spiro atoms. The van der Waals surface area contributed by atoms with Crippen molar-refractivity contribution in [2.24, 2.45) is 0 Å². The second-order valence-corrected chi connectivity index (χ2v) is 7.84. The largest absolute Gasteiger partial charge is 0.489 e. The molecule has 6 atom stereocenters. The van der Waals surface area contributed by atoms with Crippen molar-refractivity contribution in [1.82, 2.24) is 0 Å². The number of rotatable bonds is 4. The maximum absolute atomic E-state index is 12.8. The van der Waals surface area contributed by atoms with Crippen molar-refractivity contribution in [2.75, 3.05) is 6.61 Å². The summed E-state index contributed by atoms with van der Waals surface area (Å²) in [4.78, 5) is 12.8. The van der Waals surface area contributed by atoms with Gasteiger partial charge in [0.25, 0.3) is 0 Å². The molecular weight excluding hydrogens is 392 g/mol. The van der Waals surface area contributed by atoms with E-state index in [4.69, 9.17) is 18.9 Å². The van der Waals surface area contributed by atoms with Gasteiger partial charge in [-0.2, -0.15) is 0 Å². The van der Waals surface area contributed by atoms with Crippen LogP contribution in [-0.4, -0.2) is 57.8 Å². The Bertz CT molecular complexity index is 932. The molecule has 0 amide bonds. The number of hydrogen-bond acceptors (Lipinski definition) is 8. The van der Waals surface area contributed by atoms with E-state index in [0.717, 1.165) is 5.56 Å². The molecule has 0 aromatic heterocycles. The third-order valence-corrected chi connectivity index (χ3v) is 6.06. The third kappa shape index (κ3) is 2.76. The maximum Gasteiger partial charge on any atom is 0.345 e. The number of carbonyl (C=O) groups excluding carboxylic acids is 1. The average molecular weight is 414 g/mol. The van der Waals surface area contributed by atoms with E-state index in [2.05, 4.69) is 0 Å². The first-order valence-electron chi connectivity index (χ1n) is 9.82. The van der Waals surface area contributed by atoms with Crippen LogP contribution in [0.15, 0.2) is 54.6 Å². The van der Waals surface area contributed by atoms with Gasteiger partial charge in [-0.1, -0.05) is 42.5 Å². The highest BCUT2D eigenvalue weighted by atomic mass is 16.8. The summed E-state index contributed by atoms with van der Waals surface area (Å²) < 4.78 is 22.0. The van der Waals surface area contributed by atoms with Crippen LogP contribution in [0.3, 0.4) is 0 Å². The monoisotopic (exact) mass is 414 g/mol. The summed E-state index contributed by atoms with van der Waals surface area (Å²) in [6.07, 6.45) is -3.67. The highest BCUT2D eigenvalue weighted by molar-refractivity contribution is 5.86. The van der Waals surface area contributed by atoms with Crippen LogP contribution >= 0.6 is 0 Å². The standard InChI is InChI=1S/C22H22O8/c23-17-12-28-22(26)19(17)29-20(25)21(22)16(10-18(24)30-21)14-6-8-15(9-7-14)27-11-13-4-2-1-3-5-13/h1-9,16-19,23-24,26H,10-12H2/t16-,17+,18-,19-,21-,22+/m1/s1. The smallest absolute Gasteiger partial charge is 0.345 e. The van der Waals surface area contributed by atoms with Crippen LogP contribution < -0.4 is 4.74 Å². The summed E-state index contributed by atoms with van der Waals surface area (Å²) in [5.74, 6) is -3.15. The fourth-order valence-corrected chi connectivity index (χ4v) is 4.61. The molecule has 0 bridgehead atoms. The van der Waals surface area contributed by atoms with Crippen molar-refractivity contribution in [1.29, 1.82) is 0 Å². The molecule has 3 fully saturated rings. The number of carbonyl (C=O) groups is 1. The van der Waals surface area contributed by atoms with E-state index in [1.54, 1.807) is 24.3 Å². The Morgan fingerprint density at radius 3 is 2.53 bits per heavy atom. The van der Waals surface area contributed by atoms with Crippen LogP contribution in [0.2, 0.25) is 0 Å². The zero-order chi connectivity index (χ0) is 20.9. The molecule has 3 aliphatic rings. The lowest BCUT2D eigenvalue weighted by atomic mass is 9.76. The SMILES string of the molecule is O=C1O[C@@H]2[C@@H](O)CO[C@]2(O)[C@]12O[C@@H](O)C[C@@H]2c1ccc(OCc2ccccc2)cc1. The third-order valence-electron chi connectivity index (χ3n) is 6.06. The van der Waals surface area contributed by atoms with E-state index in [-0.39, 0.29) is 13.0 Å². The molecule has 30 heavy (non-hydrogen) atoms. The zero-order valence-electron chi connectivity index (χ0n) is 16.0. The fraction of sp³-hybridized carbons (Fsp3) is 0.409. The number of esters is 1. The Morgan fingerprint density at radius 2 is 1.80 bits per heavy atom. The zero-order valence-corrected chi connectivity index (χ0v) is 16.0. The molecule has 3 saturated heterocycles. The van der Waals surface area contributed by atoms with E-state index in [1.807, 2.05) is 30.3 Å². The number of benzene rings is 2. The molecule has 0 saturated carbocycles. The van der Waals surface area contributed by atoms with E-state index in [1.165, 1.54) is 0 Å². The first-order chi connectivity index (χ1) is 14.4. The Kier molecular flexibility index (Phi) is 4.57. The molecule has 2 aromatic rings. The van der Waals surface area contributed by atoms with Gasteiger partial charge >= 0.3 is 5.97 Å². The molecule has 0 radical (unpaired) electrons. The molecule has 8 heteroatoms. The Morgan fingerprint density at radius 1 is 1.07 bits per heavy atom. The van der Waals surface area contributed by atoms with Gasteiger partial charge < -0.3 is 34.3 Å². The summed E-state index contributed by atoms with van der Waals surface area (Å²) in [5.41, 5.74) is -0.276. The van der Waals surface area contributed by atoms with E-state index in [0.29, 0.717) is 17.9 Å². The summed E-state index contributed by atoms with van der Waals surface area (Å²) in [6, 6.07) is 16.8. The van der Waals surface area contributed by atoms with Crippen molar-refractivity contribution in [3.05, 3.63) is 65.7 Å². The minimum atomic E-state index is -2.19. The maximum atomic E-state index is 12.8.